The first kappa shape index (κ1) is 19.4. The molecule has 28 heavy (non-hydrogen) atoms. The number of H-pyrrole nitrogens is 1. The number of hydrogen-bond donors (Lipinski definition) is 1. The summed E-state index contributed by atoms with van der Waals surface area (Å²) in [5.74, 6) is -0.106. The number of carbonyl (C=O) groups excluding carboxylic acids is 1. The number of carbonyl (C=O) groups is 1. The monoisotopic (exact) mass is 373 g/mol. The molecular formula is C22H23N5O. The summed E-state index contributed by atoms with van der Waals surface area (Å²) < 4.78 is 0. The van der Waals surface area contributed by atoms with E-state index in [1.165, 1.54) is 0 Å². The molecule has 0 amide bonds. The highest BCUT2D eigenvalue weighted by Crippen LogP contribution is 2.26. The fourth-order valence-electron chi connectivity index (χ4n) is 2.86. The molecule has 3 rings (SSSR count). The number of nitrogens with one attached hydrogen (secondary N) is 1. The lowest BCUT2D eigenvalue weighted by atomic mass is 9.92. The smallest absolute Gasteiger partial charge is 0.169 e. The van der Waals surface area contributed by atoms with E-state index in [0.717, 1.165) is 5.56 Å². The molecule has 0 aromatic carbocycles. The maximum Gasteiger partial charge on any atom is 0.169 e. The Morgan fingerprint density at radius 3 is 2.68 bits per heavy atom. The zero-order chi connectivity index (χ0) is 20.5. The van der Waals surface area contributed by atoms with Gasteiger partial charge >= 0.3 is 0 Å². The summed E-state index contributed by atoms with van der Waals surface area (Å²) in [7, 11) is 0. The lowest BCUT2D eigenvalue weighted by Crippen LogP contribution is -2.07. The van der Waals surface area contributed by atoms with Crippen LogP contribution in [0.1, 0.15) is 50.7 Å². The van der Waals surface area contributed by atoms with E-state index in [0.29, 0.717) is 33.7 Å². The Labute approximate surface area is 164 Å². The SMILES string of the molecule is CC(C)C(=O)c1c[nH]c2ncc(-c3ccnc(/C(C#N)=C\C(C)(C)C)c3)nc12. The molecule has 0 atom stereocenters. The standard InChI is InChI=1S/C22H23N5O/c1-13(2)20(28)16-11-25-21-19(16)27-18(12-26-21)14-6-7-24-17(8-14)15(10-23)9-22(3,4)5/h6-9,11-13H,1-5H3,(H,25,26)/b15-9-. The predicted octanol–water partition coefficient (Wildman–Crippen LogP) is 4.81. The second-order valence-corrected chi connectivity index (χ2v) is 8.14. The number of aromatic amines is 1. The van der Waals surface area contributed by atoms with Crippen molar-refractivity contribution in [3.8, 4) is 17.3 Å². The first-order valence-corrected chi connectivity index (χ1v) is 9.17. The highest BCUT2D eigenvalue weighted by atomic mass is 16.1. The molecule has 6 nitrogen and oxygen atoms in total. The van der Waals surface area contributed by atoms with Crippen LogP contribution in [-0.2, 0) is 0 Å². The number of ketones is 1. The van der Waals surface area contributed by atoms with Crippen molar-refractivity contribution in [2.45, 2.75) is 34.6 Å². The highest BCUT2D eigenvalue weighted by Gasteiger charge is 2.18. The molecule has 0 bridgehead atoms. The zero-order valence-electron chi connectivity index (χ0n) is 16.7. The quantitative estimate of drug-likeness (QED) is 0.523. The van der Waals surface area contributed by atoms with Gasteiger partial charge in [-0.15, -0.1) is 0 Å². The van der Waals surface area contributed by atoms with Crippen LogP contribution in [0.3, 0.4) is 0 Å². The van der Waals surface area contributed by atoms with Gasteiger partial charge in [-0.05, 0) is 17.5 Å². The van der Waals surface area contributed by atoms with E-state index in [2.05, 4.69) is 26.0 Å². The van der Waals surface area contributed by atoms with Gasteiger partial charge in [-0.1, -0.05) is 40.7 Å². The van der Waals surface area contributed by atoms with Crippen LogP contribution in [0.15, 0.2) is 36.8 Å². The third-order valence-corrected chi connectivity index (χ3v) is 4.20. The van der Waals surface area contributed by atoms with Crippen LogP contribution in [0.2, 0.25) is 0 Å². The molecule has 0 saturated heterocycles. The van der Waals surface area contributed by atoms with Crippen molar-refractivity contribution in [1.82, 2.24) is 19.9 Å². The maximum absolute atomic E-state index is 12.4. The lowest BCUT2D eigenvalue weighted by molar-refractivity contribution is 0.0941. The summed E-state index contributed by atoms with van der Waals surface area (Å²) in [6.45, 7) is 9.82. The first-order chi connectivity index (χ1) is 13.2. The van der Waals surface area contributed by atoms with E-state index in [-0.39, 0.29) is 17.1 Å². The van der Waals surface area contributed by atoms with Gasteiger partial charge in [0.25, 0.3) is 0 Å². The Kier molecular flexibility index (Phi) is 5.10. The number of nitriles is 1. The molecule has 0 radical (unpaired) electrons. The van der Waals surface area contributed by atoms with E-state index in [1.54, 1.807) is 18.6 Å². The lowest BCUT2D eigenvalue weighted by Gasteiger charge is -2.13. The number of Topliss-reactive ketones (excluding diaryl/α,β-unsaturated/α-hetero) is 1. The van der Waals surface area contributed by atoms with Crippen LogP contribution in [-0.4, -0.2) is 25.7 Å². The average molecular weight is 373 g/mol. The topological polar surface area (TPSA) is 95.3 Å². The molecule has 6 heteroatoms. The fraction of sp³-hybridized carbons (Fsp3) is 0.318. The van der Waals surface area contributed by atoms with Crippen LogP contribution in [0, 0.1) is 22.7 Å². The Hall–Kier alpha value is -3.33. The van der Waals surface area contributed by atoms with Crippen LogP contribution in [0.4, 0.5) is 0 Å². The van der Waals surface area contributed by atoms with Crippen molar-refractivity contribution in [3.63, 3.8) is 0 Å². The van der Waals surface area contributed by atoms with E-state index in [1.807, 2.05) is 52.8 Å². The van der Waals surface area contributed by atoms with Crippen LogP contribution in [0.25, 0.3) is 28.0 Å². The fourth-order valence-corrected chi connectivity index (χ4v) is 2.86. The number of aromatic nitrogens is 4. The van der Waals surface area contributed by atoms with Crippen molar-refractivity contribution in [1.29, 1.82) is 5.26 Å². The number of fused-ring (bicyclic) bond motifs is 1. The Bertz CT molecular complexity index is 1110. The minimum absolute atomic E-state index is 0.0213. The van der Waals surface area contributed by atoms with Gasteiger partial charge < -0.3 is 4.98 Å². The number of pyridine rings is 1. The van der Waals surface area contributed by atoms with Crippen molar-refractivity contribution in [2.24, 2.45) is 11.3 Å². The van der Waals surface area contributed by atoms with Gasteiger partial charge in [0.15, 0.2) is 11.4 Å². The van der Waals surface area contributed by atoms with Gasteiger partial charge in [-0.3, -0.25) is 9.78 Å². The molecule has 0 fully saturated rings. The van der Waals surface area contributed by atoms with Crippen molar-refractivity contribution >= 4 is 22.5 Å². The minimum Gasteiger partial charge on any atom is -0.344 e. The number of hydrogen-bond acceptors (Lipinski definition) is 5. The van der Waals surface area contributed by atoms with Crippen molar-refractivity contribution in [2.75, 3.05) is 0 Å². The maximum atomic E-state index is 12.4. The first-order valence-electron chi connectivity index (χ1n) is 9.17. The highest BCUT2D eigenvalue weighted by molar-refractivity contribution is 6.06. The summed E-state index contributed by atoms with van der Waals surface area (Å²) in [5, 5.41) is 9.54. The summed E-state index contributed by atoms with van der Waals surface area (Å²) in [5.41, 5.74) is 4.05. The molecule has 3 aromatic rings. The Morgan fingerprint density at radius 2 is 2.04 bits per heavy atom. The zero-order valence-corrected chi connectivity index (χ0v) is 16.7. The van der Waals surface area contributed by atoms with E-state index >= 15 is 0 Å². The second kappa shape index (κ2) is 7.35. The largest absolute Gasteiger partial charge is 0.344 e. The third-order valence-electron chi connectivity index (χ3n) is 4.20. The molecule has 0 saturated carbocycles. The average Bonchev–Trinajstić information content (AvgIpc) is 3.07. The summed E-state index contributed by atoms with van der Waals surface area (Å²) >= 11 is 0. The molecule has 142 valence electrons. The van der Waals surface area contributed by atoms with Gasteiger partial charge in [0.2, 0.25) is 0 Å². The molecule has 0 aliphatic heterocycles. The summed E-state index contributed by atoms with van der Waals surface area (Å²) in [6, 6.07) is 5.88. The molecule has 0 aliphatic rings. The minimum atomic E-state index is -0.140. The van der Waals surface area contributed by atoms with Crippen LogP contribution >= 0.6 is 0 Å². The molecule has 3 aromatic heterocycles. The van der Waals surface area contributed by atoms with Crippen LogP contribution in [0.5, 0.6) is 0 Å². The van der Waals surface area contributed by atoms with Gasteiger partial charge in [0.05, 0.1) is 28.7 Å². The van der Waals surface area contributed by atoms with E-state index < -0.39 is 0 Å². The number of nitrogens with zero attached hydrogens (tertiary/aromatic N) is 4. The second-order valence-electron chi connectivity index (χ2n) is 8.14. The molecule has 1 N–H and O–H groups in total. The third kappa shape index (κ3) is 3.99. The van der Waals surface area contributed by atoms with Gasteiger partial charge in [0, 0.05) is 23.9 Å². The molecule has 0 spiro atoms. The summed E-state index contributed by atoms with van der Waals surface area (Å²) in [4.78, 5) is 28.9. The number of rotatable bonds is 4. The van der Waals surface area contributed by atoms with Gasteiger partial charge in [-0.25, -0.2) is 9.97 Å². The van der Waals surface area contributed by atoms with E-state index in [9.17, 15) is 10.1 Å². The number of allylic oxidation sites excluding steroid dienone is 2. The normalized spacial score (nSPS) is 12.4. The van der Waals surface area contributed by atoms with Gasteiger partial charge in [-0.2, -0.15) is 5.26 Å². The Morgan fingerprint density at radius 1 is 1.29 bits per heavy atom. The molecule has 0 unspecified atom stereocenters. The Balaban J connectivity index is 2.09. The predicted molar refractivity (Wildman–Crippen MR) is 109 cm³/mol. The van der Waals surface area contributed by atoms with E-state index in [4.69, 9.17) is 0 Å². The van der Waals surface area contributed by atoms with Crippen molar-refractivity contribution in [3.05, 3.63) is 48.1 Å². The molecule has 0 aliphatic carbocycles. The van der Waals surface area contributed by atoms with Crippen molar-refractivity contribution < 1.29 is 4.79 Å². The van der Waals surface area contributed by atoms with Crippen LogP contribution < -0.4 is 0 Å². The molecular weight excluding hydrogens is 350 g/mol. The molecule has 3 heterocycles. The summed E-state index contributed by atoms with van der Waals surface area (Å²) in [6.07, 6.45) is 6.87. The van der Waals surface area contributed by atoms with Gasteiger partial charge in [0.1, 0.15) is 11.6 Å².